The van der Waals surface area contributed by atoms with E-state index in [1.165, 1.54) is 0 Å². The van der Waals surface area contributed by atoms with Gasteiger partial charge in [-0.1, -0.05) is 0 Å². The van der Waals surface area contributed by atoms with Gasteiger partial charge in [0, 0.05) is 19.1 Å². The normalized spacial score (nSPS) is 15.1. The Labute approximate surface area is 90.2 Å². The predicted octanol–water partition coefficient (Wildman–Crippen LogP) is -0.667. The topological polar surface area (TPSA) is 61.4 Å². The first-order valence-electron chi connectivity index (χ1n) is 5.28. The lowest BCUT2D eigenvalue weighted by Gasteiger charge is -2.10. The van der Waals surface area contributed by atoms with Crippen LogP contribution in [0.4, 0.5) is 0 Å². The zero-order valence-corrected chi connectivity index (χ0v) is 9.38. The second-order valence-electron chi connectivity index (χ2n) is 4.17. The molecule has 5 nitrogen and oxygen atoms in total. The van der Waals surface area contributed by atoms with E-state index < -0.39 is 0 Å². The van der Waals surface area contributed by atoms with Crippen LogP contribution in [0.5, 0.6) is 0 Å². The SMILES string of the molecule is CN(C)CCNC(=O)CC(=O)NC1CC1. The smallest absolute Gasteiger partial charge is 0.229 e. The average molecular weight is 213 g/mol. The van der Waals surface area contributed by atoms with Gasteiger partial charge in [-0.15, -0.1) is 0 Å². The molecule has 86 valence electrons. The molecule has 0 saturated heterocycles. The molecule has 0 bridgehead atoms. The maximum atomic E-state index is 11.2. The molecule has 1 fully saturated rings. The standard InChI is InChI=1S/C10H19N3O2/c1-13(2)6-5-11-9(14)7-10(15)12-8-3-4-8/h8H,3-7H2,1-2H3,(H,11,14)(H,12,15). The van der Waals surface area contributed by atoms with Gasteiger partial charge in [0.05, 0.1) is 0 Å². The van der Waals surface area contributed by atoms with Gasteiger partial charge in [0.2, 0.25) is 11.8 Å². The summed E-state index contributed by atoms with van der Waals surface area (Å²) in [6.07, 6.45) is 2.05. The molecule has 2 amide bonds. The second kappa shape index (κ2) is 5.70. The number of hydrogen-bond donors (Lipinski definition) is 2. The van der Waals surface area contributed by atoms with Crippen LogP contribution < -0.4 is 10.6 Å². The minimum Gasteiger partial charge on any atom is -0.354 e. The highest BCUT2D eigenvalue weighted by atomic mass is 16.2. The number of rotatable bonds is 6. The highest BCUT2D eigenvalue weighted by Crippen LogP contribution is 2.18. The van der Waals surface area contributed by atoms with Crippen molar-refractivity contribution in [3.8, 4) is 0 Å². The van der Waals surface area contributed by atoms with Crippen LogP contribution in [-0.2, 0) is 9.59 Å². The fourth-order valence-corrected chi connectivity index (χ4v) is 1.13. The van der Waals surface area contributed by atoms with Crippen molar-refractivity contribution in [2.75, 3.05) is 27.2 Å². The van der Waals surface area contributed by atoms with Crippen molar-refractivity contribution in [2.24, 2.45) is 0 Å². The van der Waals surface area contributed by atoms with Crippen molar-refractivity contribution in [1.29, 1.82) is 0 Å². The number of amides is 2. The Morgan fingerprint density at radius 2 is 1.93 bits per heavy atom. The van der Waals surface area contributed by atoms with Gasteiger partial charge in [0.1, 0.15) is 6.42 Å². The molecule has 0 aromatic heterocycles. The molecule has 2 N–H and O–H groups in total. The summed E-state index contributed by atoms with van der Waals surface area (Å²) in [5, 5.41) is 5.47. The van der Waals surface area contributed by atoms with Crippen molar-refractivity contribution in [1.82, 2.24) is 15.5 Å². The molecule has 1 aliphatic rings. The third kappa shape index (κ3) is 6.06. The first-order valence-corrected chi connectivity index (χ1v) is 5.28. The zero-order chi connectivity index (χ0) is 11.3. The van der Waals surface area contributed by atoms with Crippen molar-refractivity contribution in [3.05, 3.63) is 0 Å². The van der Waals surface area contributed by atoms with Gasteiger partial charge < -0.3 is 15.5 Å². The molecule has 0 spiro atoms. The predicted molar refractivity (Wildman–Crippen MR) is 57.3 cm³/mol. The molecular weight excluding hydrogens is 194 g/mol. The lowest BCUT2D eigenvalue weighted by Crippen LogP contribution is -2.35. The Morgan fingerprint density at radius 1 is 1.27 bits per heavy atom. The van der Waals surface area contributed by atoms with Gasteiger partial charge in [-0.3, -0.25) is 9.59 Å². The van der Waals surface area contributed by atoms with Crippen LogP contribution >= 0.6 is 0 Å². The van der Waals surface area contributed by atoms with E-state index in [9.17, 15) is 9.59 Å². The number of likely N-dealkylation sites (N-methyl/N-ethyl adjacent to an activating group) is 1. The highest BCUT2D eigenvalue weighted by Gasteiger charge is 2.23. The maximum absolute atomic E-state index is 11.2. The summed E-state index contributed by atoms with van der Waals surface area (Å²) in [7, 11) is 3.87. The molecule has 5 heteroatoms. The van der Waals surface area contributed by atoms with Crippen molar-refractivity contribution >= 4 is 11.8 Å². The first-order chi connectivity index (χ1) is 7.08. The van der Waals surface area contributed by atoms with Gasteiger partial charge in [0.15, 0.2) is 0 Å². The fraction of sp³-hybridized carbons (Fsp3) is 0.800. The molecule has 0 unspecified atom stereocenters. The summed E-state index contributed by atoms with van der Waals surface area (Å²) in [5.41, 5.74) is 0. The third-order valence-corrected chi connectivity index (χ3v) is 2.14. The summed E-state index contributed by atoms with van der Waals surface area (Å²) in [6.45, 7) is 1.37. The molecule has 1 rings (SSSR count). The van der Waals surface area contributed by atoms with Crippen molar-refractivity contribution in [2.45, 2.75) is 25.3 Å². The van der Waals surface area contributed by atoms with E-state index in [1.807, 2.05) is 19.0 Å². The molecule has 0 aromatic carbocycles. The number of carbonyl (C=O) groups is 2. The van der Waals surface area contributed by atoms with Gasteiger partial charge in [-0.05, 0) is 26.9 Å². The average Bonchev–Trinajstić information content (AvgIpc) is 2.86. The zero-order valence-electron chi connectivity index (χ0n) is 9.38. The van der Waals surface area contributed by atoms with E-state index in [0.717, 1.165) is 19.4 Å². The van der Waals surface area contributed by atoms with Crippen LogP contribution in [0.2, 0.25) is 0 Å². The third-order valence-electron chi connectivity index (χ3n) is 2.14. The van der Waals surface area contributed by atoms with Gasteiger partial charge in [0.25, 0.3) is 0 Å². The molecule has 1 saturated carbocycles. The molecule has 0 aromatic rings. The Kier molecular flexibility index (Phi) is 4.55. The van der Waals surface area contributed by atoms with Crippen LogP contribution in [0, 0.1) is 0 Å². The summed E-state index contributed by atoms with van der Waals surface area (Å²) in [4.78, 5) is 24.4. The summed E-state index contributed by atoms with van der Waals surface area (Å²) >= 11 is 0. The quantitative estimate of drug-likeness (QED) is 0.575. The Balaban J connectivity index is 2.03. The minimum absolute atomic E-state index is 0.0517. The van der Waals surface area contributed by atoms with Crippen LogP contribution in [0.1, 0.15) is 19.3 Å². The number of hydrogen-bond acceptors (Lipinski definition) is 3. The van der Waals surface area contributed by atoms with Crippen LogP contribution in [0.3, 0.4) is 0 Å². The molecule has 0 aliphatic heterocycles. The highest BCUT2D eigenvalue weighted by molar-refractivity contribution is 5.97. The molecular formula is C10H19N3O2. The van der Waals surface area contributed by atoms with Gasteiger partial charge in [-0.2, -0.15) is 0 Å². The lowest BCUT2D eigenvalue weighted by molar-refractivity contribution is -0.129. The van der Waals surface area contributed by atoms with Crippen LogP contribution in [0.25, 0.3) is 0 Å². The fourth-order valence-electron chi connectivity index (χ4n) is 1.13. The van der Waals surface area contributed by atoms with Gasteiger partial charge in [-0.25, -0.2) is 0 Å². The first kappa shape index (κ1) is 12.0. The lowest BCUT2D eigenvalue weighted by atomic mass is 10.3. The molecule has 0 radical (unpaired) electrons. The Hall–Kier alpha value is -1.10. The van der Waals surface area contributed by atoms with E-state index in [1.54, 1.807) is 0 Å². The van der Waals surface area contributed by atoms with E-state index >= 15 is 0 Å². The molecule has 0 atom stereocenters. The van der Waals surface area contributed by atoms with Crippen molar-refractivity contribution < 1.29 is 9.59 Å². The second-order valence-corrected chi connectivity index (χ2v) is 4.17. The summed E-state index contributed by atoms with van der Waals surface area (Å²) < 4.78 is 0. The Bertz CT molecular complexity index is 237. The molecule has 0 heterocycles. The van der Waals surface area contributed by atoms with Crippen molar-refractivity contribution in [3.63, 3.8) is 0 Å². The van der Waals surface area contributed by atoms with E-state index in [-0.39, 0.29) is 18.2 Å². The van der Waals surface area contributed by atoms with Crippen LogP contribution in [-0.4, -0.2) is 49.9 Å². The maximum Gasteiger partial charge on any atom is 0.229 e. The van der Waals surface area contributed by atoms with E-state index in [0.29, 0.717) is 12.6 Å². The number of nitrogens with zero attached hydrogens (tertiary/aromatic N) is 1. The van der Waals surface area contributed by atoms with Crippen LogP contribution in [0.15, 0.2) is 0 Å². The molecule has 15 heavy (non-hydrogen) atoms. The summed E-state index contributed by atoms with van der Waals surface area (Å²) in [6, 6.07) is 0.326. The molecule has 1 aliphatic carbocycles. The summed E-state index contributed by atoms with van der Waals surface area (Å²) in [5.74, 6) is -0.366. The number of nitrogens with one attached hydrogen (secondary N) is 2. The largest absolute Gasteiger partial charge is 0.354 e. The monoisotopic (exact) mass is 213 g/mol. The minimum atomic E-state index is -0.199. The van der Waals surface area contributed by atoms with Gasteiger partial charge >= 0.3 is 0 Å². The van der Waals surface area contributed by atoms with E-state index in [2.05, 4.69) is 10.6 Å². The van der Waals surface area contributed by atoms with E-state index in [4.69, 9.17) is 0 Å². The number of carbonyl (C=O) groups excluding carboxylic acids is 2. The Morgan fingerprint density at radius 3 is 2.47 bits per heavy atom.